The maximum absolute atomic E-state index is 14.6. The van der Waals surface area contributed by atoms with Crippen LogP contribution >= 0.6 is 0 Å². The first-order chi connectivity index (χ1) is 36.6. The number of hydrogen-bond acceptors (Lipinski definition) is 16. The number of amides is 2. The fourth-order valence-corrected chi connectivity index (χ4v) is 11.9. The summed E-state index contributed by atoms with van der Waals surface area (Å²) in [6.45, 7) is 16.0. The summed E-state index contributed by atoms with van der Waals surface area (Å²) in [6, 6.07) is -1.18. The van der Waals surface area contributed by atoms with E-state index in [1.54, 1.807) is 46.0 Å². The van der Waals surface area contributed by atoms with Crippen LogP contribution in [0.2, 0.25) is 0 Å². The summed E-state index contributed by atoms with van der Waals surface area (Å²) < 4.78 is 36.0. The molecule has 1 aliphatic carbocycles. The van der Waals surface area contributed by atoms with Gasteiger partial charge in [-0.3, -0.25) is 24.1 Å². The highest BCUT2D eigenvalue weighted by atomic mass is 16.6. The Kier molecular flexibility index (Phi) is 25.2. The van der Waals surface area contributed by atoms with Crippen molar-refractivity contribution in [3.05, 3.63) is 47.6 Å². The summed E-state index contributed by atoms with van der Waals surface area (Å²) in [6.07, 6.45) is 11.0. The van der Waals surface area contributed by atoms with Gasteiger partial charge in [-0.05, 0) is 113 Å². The third-order valence-corrected chi connectivity index (χ3v) is 17.0. The Labute approximate surface area is 457 Å². The lowest BCUT2D eigenvalue weighted by molar-refractivity contribution is -0.265. The summed E-state index contributed by atoms with van der Waals surface area (Å²) in [5.41, 5.74) is 1.24. The van der Waals surface area contributed by atoms with Gasteiger partial charge in [-0.25, -0.2) is 9.59 Å². The fraction of sp³-hybridized carbons (Fsp3) is 0.763. The van der Waals surface area contributed by atoms with E-state index in [0.717, 1.165) is 12.1 Å². The third-order valence-electron chi connectivity index (χ3n) is 17.0. The molecule has 0 aromatic carbocycles. The molecular formula is C59H93N3O15. The molecule has 1 unspecified atom stereocenters. The molecule has 5 rings (SSSR count). The number of methoxy groups -OCH3 is 3. The van der Waals surface area contributed by atoms with Crippen LogP contribution in [0.1, 0.15) is 132 Å². The minimum atomic E-state index is -2.46. The second kappa shape index (κ2) is 30.4. The molecule has 18 nitrogen and oxygen atoms in total. The Morgan fingerprint density at radius 2 is 1.56 bits per heavy atom. The molecule has 4 fully saturated rings. The van der Waals surface area contributed by atoms with Crippen molar-refractivity contribution in [1.82, 2.24) is 14.7 Å². The first-order valence-electron chi connectivity index (χ1n) is 28.4. The molecule has 1 saturated carbocycles. The van der Waals surface area contributed by atoms with E-state index in [9.17, 15) is 44.1 Å². The van der Waals surface area contributed by atoms with Crippen molar-refractivity contribution in [2.75, 3.05) is 67.2 Å². The van der Waals surface area contributed by atoms with E-state index in [1.165, 1.54) is 12.0 Å². The van der Waals surface area contributed by atoms with Crippen molar-refractivity contribution in [2.45, 2.75) is 186 Å². The van der Waals surface area contributed by atoms with E-state index < -0.39 is 95.9 Å². The van der Waals surface area contributed by atoms with Gasteiger partial charge in [-0.1, -0.05) is 71.1 Å². The highest BCUT2D eigenvalue weighted by Crippen LogP contribution is 2.38. The number of carbonyl (C=O) groups excluding carboxylic acids is 6. The number of hydrogen-bond donors (Lipinski definition) is 3. The standard InChI is InChI=1S/C59H93N3O15/c1-37-17-12-11-13-18-38(2)49(72-8)35-45-22-20-43(7)59(71,77-45)55(67)56(68)62-25-15-14-19-46(62)57(69)75-50(36-47(64)39(3)32-42(6)53(66)54(74-10)52(65)41(5)31-37)40(4)33-44-21-23-48(51(34-44)73-9)76-58(70)61-28-26-60(27-29-61)24-16-30-63/h11-13,17-18,32,37,39-41,43-46,48-51,53-54,63,66,71H,14-16,19-31,33-36H2,1-10H3/b13-11+,17-12+,38-18+,42-32+/t37-,39-,40-,41-,43-,44?,45+,46+,48+,49+,50+,51+,53-,54+,59-/m1/s1. The van der Waals surface area contributed by atoms with Crippen LogP contribution in [0.4, 0.5) is 4.79 Å². The summed E-state index contributed by atoms with van der Waals surface area (Å²) in [5.74, 6) is -8.32. The molecular weight excluding hydrogens is 991 g/mol. The predicted molar refractivity (Wildman–Crippen MR) is 289 cm³/mol. The lowest BCUT2D eigenvalue weighted by Crippen LogP contribution is -2.61. The van der Waals surface area contributed by atoms with Crippen LogP contribution < -0.4 is 0 Å². The Morgan fingerprint density at radius 3 is 2.23 bits per heavy atom. The average Bonchev–Trinajstić information content (AvgIpc) is 3.43. The van der Waals surface area contributed by atoms with E-state index in [1.807, 2.05) is 58.1 Å². The van der Waals surface area contributed by atoms with E-state index in [2.05, 4.69) is 4.90 Å². The lowest BCUT2D eigenvalue weighted by Gasteiger charge is -2.42. The van der Waals surface area contributed by atoms with Crippen LogP contribution in [0.15, 0.2) is 47.6 Å². The molecule has 4 heterocycles. The van der Waals surface area contributed by atoms with E-state index in [-0.39, 0.29) is 55.5 Å². The van der Waals surface area contributed by atoms with Crippen molar-refractivity contribution in [2.24, 2.45) is 35.5 Å². The average molecular weight is 1080 g/mol. The van der Waals surface area contributed by atoms with Gasteiger partial charge in [-0.15, -0.1) is 0 Å². The minimum Gasteiger partial charge on any atom is -0.460 e. The number of piperidine rings is 1. The van der Waals surface area contributed by atoms with E-state index >= 15 is 0 Å². The Hall–Kier alpha value is -4.14. The number of aliphatic hydroxyl groups excluding tert-OH is 2. The highest BCUT2D eigenvalue weighted by molar-refractivity contribution is 6.39. The number of ether oxygens (including phenoxy) is 6. The molecule has 5 aliphatic rings. The molecule has 15 atom stereocenters. The fourth-order valence-electron chi connectivity index (χ4n) is 11.9. The first-order valence-corrected chi connectivity index (χ1v) is 28.4. The molecule has 434 valence electrons. The Balaban J connectivity index is 1.41. The van der Waals surface area contributed by atoms with Gasteiger partial charge < -0.3 is 53.5 Å². The molecule has 0 radical (unpaired) electrons. The molecule has 3 N–H and O–H groups in total. The van der Waals surface area contributed by atoms with Gasteiger partial charge in [0.15, 0.2) is 5.78 Å². The number of ketones is 3. The summed E-state index contributed by atoms with van der Waals surface area (Å²) in [5, 5.41) is 32.8. The van der Waals surface area contributed by atoms with Crippen molar-refractivity contribution < 1.29 is 72.5 Å². The summed E-state index contributed by atoms with van der Waals surface area (Å²) >= 11 is 0. The van der Waals surface area contributed by atoms with Gasteiger partial charge >= 0.3 is 12.1 Å². The van der Waals surface area contributed by atoms with Gasteiger partial charge in [0.1, 0.15) is 36.2 Å². The Bertz CT molecular complexity index is 2100. The van der Waals surface area contributed by atoms with Crippen LogP contribution in [0.25, 0.3) is 0 Å². The zero-order chi connectivity index (χ0) is 56.6. The first kappa shape index (κ1) is 63.7. The molecule has 0 aromatic rings. The maximum Gasteiger partial charge on any atom is 0.410 e. The van der Waals surface area contributed by atoms with Gasteiger partial charge in [0.05, 0.1) is 18.3 Å². The van der Waals surface area contributed by atoms with E-state index in [4.69, 9.17) is 28.4 Å². The second-order valence-corrected chi connectivity index (χ2v) is 22.9. The van der Waals surface area contributed by atoms with Gasteiger partial charge in [0, 0.05) is 97.8 Å². The van der Waals surface area contributed by atoms with Crippen LogP contribution in [-0.4, -0.2) is 187 Å². The number of esters is 1. The van der Waals surface area contributed by atoms with Gasteiger partial charge in [0.25, 0.3) is 11.7 Å². The molecule has 4 aliphatic heterocycles. The number of carbonyl (C=O) groups is 6. The molecule has 0 aromatic heterocycles. The van der Waals surface area contributed by atoms with Crippen molar-refractivity contribution >= 4 is 35.3 Å². The number of rotatable bonds is 10. The monoisotopic (exact) mass is 1080 g/mol. The number of allylic oxidation sites excluding steroid dienone is 6. The maximum atomic E-state index is 14.6. The quantitative estimate of drug-likeness (QED) is 0.123. The van der Waals surface area contributed by atoms with E-state index in [0.29, 0.717) is 102 Å². The third kappa shape index (κ3) is 17.4. The number of cyclic esters (lactones) is 1. The second-order valence-electron chi connectivity index (χ2n) is 22.9. The Morgan fingerprint density at radius 1 is 0.831 bits per heavy atom. The molecule has 3 saturated heterocycles. The molecule has 0 spiro atoms. The molecule has 18 heteroatoms. The lowest BCUT2D eigenvalue weighted by atomic mass is 9.78. The molecule has 77 heavy (non-hydrogen) atoms. The molecule has 2 bridgehead atoms. The molecule has 2 amide bonds. The van der Waals surface area contributed by atoms with Crippen molar-refractivity contribution in [3.8, 4) is 0 Å². The largest absolute Gasteiger partial charge is 0.460 e. The van der Waals surface area contributed by atoms with Crippen LogP contribution in [-0.2, 0) is 52.4 Å². The number of fused-ring (bicyclic) bond motifs is 3. The minimum absolute atomic E-state index is 0.00187. The summed E-state index contributed by atoms with van der Waals surface area (Å²) in [4.78, 5) is 90.1. The number of Topliss-reactive ketones (excluding diaryl/α,β-unsaturated/α-hetero) is 3. The van der Waals surface area contributed by atoms with Crippen molar-refractivity contribution in [3.63, 3.8) is 0 Å². The summed E-state index contributed by atoms with van der Waals surface area (Å²) in [7, 11) is 4.54. The SMILES string of the molecule is CO[C@H]1C[C@@H]2CC[C@@H](C)[C@@](O)(O2)C(=O)C(=O)N2CCCC[C@H]2C(=O)O[C@H]([C@H](C)CC2CC[C@H](OC(=O)N3CCN(CCCO)CC3)[C@@H](OC)C2)CC(=O)[C@H](C)/C=C(\C)[C@@H](O)[C@@H](OC)C(=O)[C@H](C)C[C@H](C)/C=C/C=C/C=C/1C. The van der Waals surface area contributed by atoms with Crippen LogP contribution in [0.5, 0.6) is 0 Å². The normalized spacial score (nSPS) is 37.4. The van der Waals surface area contributed by atoms with Gasteiger partial charge in [0.2, 0.25) is 5.79 Å². The topological polar surface area (TPSA) is 228 Å². The zero-order valence-corrected chi connectivity index (χ0v) is 47.8. The number of aliphatic hydroxyl groups is 3. The van der Waals surface area contributed by atoms with Crippen molar-refractivity contribution in [1.29, 1.82) is 0 Å². The smallest absolute Gasteiger partial charge is 0.410 e. The zero-order valence-electron chi connectivity index (χ0n) is 47.8. The number of nitrogens with zero attached hydrogens (tertiary/aromatic N) is 3. The van der Waals surface area contributed by atoms with Gasteiger partial charge in [-0.2, -0.15) is 0 Å². The predicted octanol–water partition coefficient (Wildman–Crippen LogP) is 6.32. The van der Waals surface area contributed by atoms with Crippen LogP contribution in [0.3, 0.4) is 0 Å². The number of piperazine rings is 1. The highest BCUT2D eigenvalue weighted by Gasteiger charge is 2.53. The van der Waals surface area contributed by atoms with Crippen LogP contribution in [0, 0.1) is 35.5 Å².